The van der Waals surface area contributed by atoms with Crippen LogP contribution in [-0.4, -0.2) is 36.0 Å². The monoisotopic (exact) mass is 410 g/mol. The minimum absolute atomic E-state index is 0.162. The first-order chi connectivity index (χ1) is 14.2. The average Bonchev–Trinajstić information content (AvgIpc) is 2.76. The second-order valence-corrected chi connectivity index (χ2v) is 8.90. The van der Waals surface area contributed by atoms with E-state index in [0.717, 1.165) is 43.2 Å². The zero-order valence-electron chi connectivity index (χ0n) is 17.1. The first-order valence-corrected chi connectivity index (χ1v) is 11.4. The Morgan fingerprint density at radius 1 is 0.931 bits per heavy atom. The van der Waals surface area contributed by atoms with Gasteiger partial charge in [0.2, 0.25) is 5.91 Å². The summed E-state index contributed by atoms with van der Waals surface area (Å²) in [6, 6.07) is 18.8. The van der Waals surface area contributed by atoms with Crippen molar-refractivity contribution < 1.29 is 4.79 Å². The minimum atomic E-state index is 0.162. The van der Waals surface area contributed by atoms with Crippen molar-refractivity contribution in [3.8, 4) is 0 Å². The highest BCUT2D eigenvalue weighted by atomic mass is 35.5. The van der Waals surface area contributed by atoms with Crippen LogP contribution in [0, 0.1) is 0 Å². The molecule has 0 atom stereocenters. The number of nitrogens with zero attached hydrogens (tertiary/aromatic N) is 2. The van der Waals surface area contributed by atoms with E-state index in [4.69, 9.17) is 11.6 Å². The lowest BCUT2D eigenvalue weighted by Gasteiger charge is -2.42. The van der Waals surface area contributed by atoms with E-state index in [2.05, 4.69) is 21.9 Å². The van der Waals surface area contributed by atoms with E-state index in [1.807, 2.05) is 42.5 Å². The lowest BCUT2D eigenvalue weighted by Crippen LogP contribution is -2.50. The number of para-hydroxylation sites is 1. The van der Waals surface area contributed by atoms with Crippen LogP contribution >= 0.6 is 11.6 Å². The van der Waals surface area contributed by atoms with Crippen LogP contribution in [0.5, 0.6) is 0 Å². The van der Waals surface area contributed by atoms with Crippen LogP contribution in [0.4, 0.5) is 5.69 Å². The zero-order valence-corrected chi connectivity index (χ0v) is 17.9. The molecule has 0 aromatic heterocycles. The van der Waals surface area contributed by atoms with E-state index in [1.165, 1.54) is 32.1 Å². The molecule has 4 rings (SSSR count). The van der Waals surface area contributed by atoms with Gasteiger partial charge in [0, 0.05) is 35.9 Å². The first kappa shape index (κ1) is 20.4. The number of halogens is 1. The van der Waals surface area contributed by atoms with Crippen molar-refractivity contribution in [3.63, 3.8) is 0 Å². The molecule has 1 saturated carbocycles. The van der Waals surface area contributed by atoms with Crippen LogP contribution in [0.1, 0.15) is 50.5 Å². The Labute approximate surface area is 179 Å². The highest BCUT2D eigenvalue weighted by Crippen LogP contribution is 2.29. The van der Waals surface area contributed by atoms with E-state index in [0.29, 0.717) is 11.4 Å². The summed E-state index contributed by atoms with van der Waals surface area (Å²) < 4.78 is 0. The molecule has 3 nitrogen and oxygen atoms in total. The molecule has 0 radical (unpaired) electrons. The number of amides is 1. The van der Waals surface area contributed by atoms with Gasteiger partial charge in [-0.25, -0.2) is 0 Å². The van der Waals surface area contributed by atoms with E-state index in [1.54, 1.807) is 0 Å². The Kier molecular flexibility index (Phi) is 6.89. The van der Waals surface area contributed by atoms with Crippen molar-refractivity contribution >= 4 is 23.2 Å². The molecule has 4 heteroatoms. The van der Waals surface area contributed by atoms with Crippen molar-refractivity contribution in [2.45, 2.75) is 63.5 Å². The van der Waals surface area contributed by atoms with E-state index in [9.17, 15) is 4.79 Å². The van der Waals surface area contributed by atoms with Crippen LogP contribution in [0.25, 0.3) is 0 Å². The predicted octanol–water partition coefficient (Wildman–Crippen LogP) is 5.71. The number of rotatable bonds is 5. The van der Waals surface area contributed by atoms with Gasteiger partial charge in [-0.15, -0.1) is 0 Å². The van der Waals surface area contributed by atoms with Gasteiger partial charge in [-0.3, -0.25) is 4.79 Å². The Balaban J connectivity index is 1.47. The molecule has 29 heavy (non-hydrogen) atoms. The minimum Gasteiger partial charge on any atom is -0.309 e. The molecule has 2 aromatic rings. The molecule has 2 aliphatic rings. The molecule has 1 aliphatic heterocycles. The summed E-state index contributed by atoms with van der Waals surface area (Å²) in [5.74, 6) is 0.162. The van der Waals surface area contributed by atoms with Gasteiger partial charge < -0.3 is 9.80 Å². The third-order valence-corrected chi connectivity index (χ3v) is 6.74. The first-order valence-electron chi connectivity index (χ1n) is 11.1. The molecule has 0 N–H and O–H groups in total. The summed E-state index contributed by atoms with van der Waals surface area (Å²) >= 11 is 6.13. The number of likely N-dealkylation sites (tertiary alicyclic amines) is 1. The van der Waals surface area contributed by atoms with Crippen LogP contribution in [-0.2, 0) is 11.2 Å². The third kappa shape index (κ3) is 5.21. The van der Waals surface area contributed by atoms with Gasteiger partial charge in [-0.1, -0.05) is 61.2 Å². The molecule has 154 valence electrons. The van der Waals surface area contributed by atoms with E-state index < -0.39 is 0 Å². The maximum Gasteiger partial charge on any atom is 0.231 e. The lowest BCUT2D eigenvalue weighted by atomic mass is 9.91. The summed E-state index contributed by atoms with van der Waals surface area (Å²) in [5.41, 5.74) is 1.98. The zero-order chi connectivity index (χ0) is 20.1. The second-order valence-electron chi connectivity index (χ2n) is 8.46. The fraction of sp³-hybridized carbons (Fsp3) is 0.480. The molecular formula is C25H31ClN2O. The Bertz CT molecular complexity index is 795. The Hall–Kier alpha value is -1.84. The van der Waals surface area contributed by atoms with Gasteiger partial charge in [-0.05, 0) is 55.5 Å². The molecule has 0 unspecified atom stereocenters. The van der Waals surface area contributed by atoms with Gasteiger partial charge in [0.15, 0.2) is 0 Å². The quantitative estimate of drug-likeness (QED) is 0.629. The number of carbonyl (C=O) groups is 1. The molecule has 1 heterocycles. The van der Waals surface area contributed by atoms with Crippen molar-refractivity contribution in [2.75, 3.05) is 18.0 Å². The van der Waals surface area contributed by atoms with Crippen molar-refractivity contribution in [1.82, 2.24) is 4.90 Å². The molecule has 1 saturated heterocycles. The fourth-order valence-electron chi connectivity index (χ4n) is 5.01. The van der Waals surface area contributed by atoms with Crippen LogP contribution in [0.3, 0.4) is 0 Å². The largest absolute Gasteiger partial charge is 0.309 e. The van der Waals surface area contributed by atoms with Crippen molar-refractivity contribution in [1.29, 1.82) is 0 Å². The summed E-state index contributed by atoms with van der Waals surface area (Å²) in [4.78, 5) is 18.1. The summed E-state index contributed by atoms with van der Waals surface area (Å²) in [7, 11) is 0. The van der Waals surface area contributed by atoms with Crippen LogP contribution < -0.4 is 4.90 Å². The summed E-state index contributed by atoms with van der Waals surface area (Å²) in [5, 5.41) is 0.683. The molecule has 0 bridgehead atoms. The predicted molar refractivity (Wildman–Crippen MR) is 121 cm³/mol. The number of hydrogen-bond donors (Lipinski definition) is 0. The second kappa shape index (κ2) is 9.77. The highest BCUT2D eigenvalue weighted by molar-refractivity contribution is 6.30. The molecule has 2 fully saturated rings. The molecule has 1 amide bonds. The standard InChI is InChI=1S/C25H31ClN2O/c26-21-9-7-8-20(18-21)19-25(29)28(23-12-5-2-6-13-23)24-14-16-27(17-15-24)22-10-3-1-4-11-22/h2,5-9,12-13,18,22,24H,1,3-4,10-11,14-17,19H2. The number of piperidine rings is 1. The van der Waals surface area contributed by atoms with Crippen LogP contribution in [0.2, 0.25) is 5.02 Å². The number of anilines is 1. The summed E-state index contributed by atoms with van der Waals surface area (Å²) in [6.45, 7) is 2.20. The maximum absolute atomic E-state index is 13.4. The highest BCUT2D eigenvalue weighted by Gasteiger charge is 2.31. The van der Waals surface area contributed by atoms with Gasteiger partial charge in [-0.2, -0.15) is 0 Å². The van der Waals surface area contributed by atoms with Crippen molar-refractivity contribution in [2.24, 2.45) is 0 Å². The van der Waals surface area contributed by atoms with Crippen molar-refractivity contribution in [3.05, 3.63) is 65.2 Å². The fourth-order valence-corrected chi connectivity index (χ4v) is 5.22. The summed E-state index contributed by atoms with van der Waals surface area (Å²) in [6.07, 6.45) is 9.32. The Morgan fingerprint density at radius 2 is 1.66 bits per heavy atom. The normalized spacial score (nSPS) is 19.2. The molecule has 0 spiro atoms. The number of carbonyl (C=O) groups excluding carboxylic acids is 1. The van der Waals surface area contributed by atoms with Crippen LogP contribution in [0.15, 0.2) is 54.6 Å². The lowest BCUT2D eigenvalue weighted by molar-refractivity contribution is -0.118. The Morgan fingerprint density at radius 3 is 2.34 bits per heavy atom. The maximum atomic E-state index is 13.4. The third-order valence-electron chi connectivity index (χ3n) is 6.50. The number of hydrogen-bond acceptors (Lipinski definition) is 2. The van der Waals surface area contributed by atoms with Gasteiger partial charge >= 0.3 is 0 Å². The SMILES string of the molecule is O=C(Cc1cccc(Cl)c1)N(c1ccccc1)C1CCN(C2CCCCC2)CC1. The molecular weight excluding hydrogens is 380 g/mol. The van der Waals surface area contributed by atoms with Gasteiger partial charge in [0.1, 0.15) is 0 Å². The van der Waals surface area contributed by atoms with Gasteiger partial charge in [0.25, 0.3) is 0 Å². The average molecular weight is 411 g/mol. The smallest absolute Gasteiger partial charge is 0.231 e. The molecule has 1 aliphatic carbocycles. The van der Waals surface area contributed by atoms with Gasteiger partial charge in [0.05, 0.1) is 6.42 Å². The van der Waals surface area contributed by atoms with E-state index in [-0.39, 0.29) is 11.9 Å². The molecule has 2 aromatic carbocycles. The number of benzene rings is 2. The topological polar surface area (TPSA) is 23.6 Å². The van der Waals surface area contributed by atoms with E-state index >= 15 is 0 Å².